The zero-order valence-corrected chi connectivity index (χ0v) is 22.4. The highest BCUT2D eigenvalue weighted by molar-refractivity contribution is 5.87. The molecular formula is C29H52N2O4. The average Bonchev–Trinajstić information content (AvgIpc) is 3.29. The summed E-state index contributed by atoms with van der Waals surface area (Å²) in [5.41, 5.74) is 0. The quantitative estimate of drug-likeness (QED) is 0.163. The number of ether oxygens (including phenoxy) is 2. The molecule has 202 valence electrons. The first kappa shape index (κ1) is 29.8. The molecule has 1 saturated carbocycles. The van der Waals surface area contributed by atoms with E-state index in [4.69, 9.17) is 9.47 Å². The van der Waals surface area contributed by atoms with Crippen molar-refractivity contribution in [3.63, 3.8) is 0 Å². The van der Waals surface area contributed by atoms with E-state index in [1.54, 1.807) is 6.08 Å². The summed E-state index contributed by atoms with van der Waals surface area (Å²) in [4.78, 5) is 24.7. The van der Waals surface area contributed by atoms with Crippen molar-refractivity contribution in [1.82, 2.24) is 10.6 Å². The maximum atomic E-state index is 12.4. The number of carbonyl (C=O) groups is 2. The molecule has 2 rings (SSSR count). The Morgan fingerprint density at radius 3 is 2.31 bits per heavy atom. The smallest absolute Gasteiger partial charge is 0.243 e. The van der Waals surface area contributed by atoms with Crippen LogP contribution in [-0.2, 0) is 19.1 Å². The molecule has 1 saturated heterocycles. The molecule has 0 spiro atoms. The van der Waals surface area contributed by atoms with E-state index >= 15 is 0 Å². The van der Waals surface area contributed by atoms with Crippen molar-refractivity contribution in [1.29, 1.82) is 0 Å². The van der Waals surface area contributed by atoms with Crippen LogP contribution in [0.2, 0.25) is 0 Å². The van der Waals surface area contributed by atoms with E-state index < -0.39 is 0 Å². The fourth-order valence-corrected chi connectivity index (χ4v) is 5.02. The number of hydrogen-bond acceptors (Lipinski definition) is 4. The first-order valence-corrected chi connectivity index (χ1v) is 14.7. The fourth-order valence-electron chi connectivity index (χ4n) is 5.02. The van der Waals surface area contributed by atoms with Gasteiger partial charge in [0.2, 0.25) is 11.8 Å². The van der Waals surface area contributed by atoms with Crippen LogP contribution in [0.5, 0.6) is 0 Å². The highest BCUT2D eigenvalue weighted by Crippen LogP contribution is 2.20. The summed E-state index contributed by atoms with van der Waals surface area (Å²) in [6.07, 6.45) is 24.4. The van der Waals surface area contributed by atoms with Crippen LogP contribution in [0.15, 0.2) is 12.2 Å². The van der Waals surface area contributed by atoms with Crippen molar-refractivity contribution >= 4 is 11.8 Å². The SMILES string of the molecule is CCCCCCCC=CC(=O)NC1CCCC1NC(=O)CCCCCCCCOC1CCCCO1. The lowest BCUT2D eigenvalue weighted by Gasteiger charge is -2.22. The molecule has 0 bridgehead atoms. The lowest BCUT2D eigenvalue weighted by molar-refractivity contribution is -0.162. The van der Waals surface area contributed by atoms with Gasteiger partial charge < -0.3 is 20.1 Å². The third kappa shape index (κ3) is 14.7. The van der Waals surface area contributed by atoms with Crippen molar-refractivity contribution in [2.75, 3.05) is 13.2 Å². The maximum Gasteiger partial charge on any atom is 0.243 e. The lowest BCUT2D eigenvalue weighted by atomic mass is 10.1. The largest absolute Gasteiger partial charge is 0.353 e. The summed E-state index contributed by atoms with van der Waals surface area (Å²) >= 11 is 0. The van der Waals surface area contributed by atoms with Gasteiger partial charge in [-0.3, -0.25) is 9.59 Å². The molecule has 3 unspecified atom stereocenters. The van der Waals surface area contributed by atoms with E-state index in [9.17, 15) is 9.59 Å². The van der Waals surface area contributed by atoms with Gasteiger partial charge in [-0.05, 0) is 70.3 Å². The van der Waals surface area contributed by atoms with Gasteiger partial charge in [-0.1, -0.05) is 64.4 Å². The van der Waals surface area contributed by atoms with Crippen LogP contribution in [0.3, 0.4) is 0 Å². The Kier molecular flexibility index (Phi) is 16.8. The summed E-state index contributed by atoms with van der Waals surface area (Å²) in [5.74, 6) is 0.0982. The second-order valence-electron chi connectivity index (χ2n) is 10.4. The van der Waals surface area contributed by atoms with Gasteiger partial charge in [0, 0.05) is 31.7 Å². The minimum absolute atomic E-state index is 0.0246. The summed E-state index contributed by atoms with van der Waals surface area (Å²) in [6.45, 7) is 3.85. The maximum absolute atomic E-state index is 12.4. The molecule has 6 heteroatoms. The minimum atomic E-state index is -0.0265. The van der Waals surface area contributed by atoms with Gasteiger partial charge >= 0.3 is 0 Å². The third-order valence-corrected chi connectivity index (χ3v) is 7.17. The van der Waals surface area contributed by atoms with Crippen molar-refractivity contribution in [3.8, 4) is 0 Å². The molecule has 2 N–H and O–H groups in total. The molecule has 1 aliphatic carbocycles. The Hall–Kier alpha value is -1.40. The van der Waals surface area contributed by atoms with Crippen molar-refractivity contribution in [2.24, 2.45) is 0 Å². The molecule has 2 amide bonds. The van der Waals surface area contributed by atoms with Crippen LogP contribution < -0.4 is 10.6 Å². The Morgan fingerprint density at radius 1 is 0.829 bits per heavy atom. The number of carbonyl (C=O) groups excluding carboxylic acids is 2. The molecule has 6 nitrogen and oxygen atoms in total. The van der Waals surface area contributed by atoms with E-state index in [-0.39, 0.29) is 30.2 Å². The summed E-state index contributed by atoms with van der Waals surface area (Å²) in [6, 6.07) is 0.129. The van der Waals surface area contributed by atoms with E-state index in [0.29, 0.717) is 6.42 Å². The van der Waals surface area contributed by atoms with Gasteiger partial charge in [-0.2, -0.15) is 0 Å². The molecule has 1 aliphatic heterocycles. The summed E-state index contributed by atoms with van der Waals surface area (Å²) in [7, 11) is 0. The molecule has 0 aromatic heterocycles. The number of hydrogen-bond donors (Lipinski definition) is 2. The first-order valence-electron chi connectivity index (χ1n) is 14.7. The summed E-state index contributed by atoms with van der Waals surface area (Å²) < 4.78 is 11.4. The highest BCUT2D eigenvalue weighted by Gasteiger charge is 2.29. The molecule has 2 fully saturated rings. The Balaban J connectivity index is 1.45. The molecule has 2 aliphatic rings. The van der Waals surface area contributed by atoms with Crippen molar-refractivity contribution in [3.05, 3.63) is 12.2 Å². The van der Waals surface area contributed by atoms with E-state index in [0.717, 1.165) is 77.4 Å². The van der Waals surface area contributed by atoms with Crippen LogP contribution in [0.1, 0.15) is 129 Å². The number of amides is 2. The van der Waals surface area contributed by atoms with Crippen LogP contribution >= 0.6 is 0 Å². The van der Waals surface area contributed by atoms with Gasteiger partial charge in [-0.25, -0.2) is 0 Å². The third-order valence-electron chi connectivity index (χ3n) is 7.17. The van der Waals surface area contributed by atoms with Gasteiger partial charge in [0.15, 0.2) is 6.29 Å². The standard InChI is InChI=1S/C29H52N2O4/c1-2-3-4-5-6-9-12-20-27(32)30-25-18-17-19-26(25)31-28(33)21-13-10-7-8-11-15-23-34-29-22-14-16-24-35-29/h12,20,25-26,29H,2-11,13-19,21-24H2,1H3,(H,30,32)(H,31,33). The van der Waals surface area contributed by atoms with Gasteiger partial charge in [0.1, 0.15) is 0 Å². The van der Waals surface area contributed by atoms with Crippen LogP contribution in [-0.4, -0.2) is 43.4 Å². The number of unbranched alkanes of at least 4 members (excludes halogenated alkanes) is 10. The number of rotatable bonds is 19. The van der Waals surface area contributed by atoms with E-state index in [1.807, 2.05) is 6.08 Å². The van der Waals surface area contributed by atoms with Gasteiger partial charge in [-0.15, -0.1) is 0 Å². The summed E-state index contributed by atoms with van der Waals surface area (Å²) in [5, 5.41) is 6.28. The van der Waals surface area contributed by atoms with Crippen molar-refractivity contribution < 1.29 is 19.1 Å². The van der Waals surface area contributed by atoms with Crippen LogP contribution in [0.4, 0.5) is 0 Å². The predicted octanol–water partition coefficient (Wildman–Crippen LogP) is 6.33. The monoisotopic (exact) mass is 492 g/mol. The molecule has 0 radical (unpaired) electrons. The van der Waals surface area contributed by atoms with Crippen molar-refractivity contribution in [2.45, 2.75) is 147 Å². The van der Waals surface area contributed by atoms with E-state index in [2.05, 4.69) is 17.6 Å². The molecule has 35 heavy (non-hydrogen) atoms. The molecule has 0 aromatic rings. The predicted molar refractivity (Wildman–Crippen MR) is 142 cm³/mol. The Morgan fingerprint density at radius 2 is 1.54 bits per heavy atom. The molecule has 0 aromatic carbocycles. The lowest BCUT2D eigenvalue weighted by Crippen LogP contribution is -2.48. The fraction of sp³-hybridized carbons (Fsp3) is 0.862. The van der Waals surface area contributed by atoms with Crippen LogP contribution in [0.25, 0.3) is 0 Å². The molecular weight excluding hydrogens is 440 g/mol. The second kappa shape index (κ2) is 19.7. The molecule has 3 atom stereocenters. The van der Waals surface area contributed by atoms with Gasteiger partial charge in [0.25, 0.3) is 0 Å². The number of nitrogens with one attached hydrogen (secondary N) is 2. The Bertz CT molecular complexity index is 589. The first-order chi connectivity index (χ1) is 17.2. The minimum Gasteiger partial charge on any atom is -0.353 e. The second-order valence-corrected chi connectivity index (χ2v) is 10.4. The van der Waals surface area contributed by atoms with E-state index in [1.165, 1.54) is 51.4 Å². The normalized spacial score (nSPS) is 22.5. The highest BCUT2D eigenvalue weighted by atomic mass is 16.7. The number of allylic oxidation sites excluding steroid dienone is 1. The molecule has 1 heterocycles. The zero-order chi connectivity index (χ0) is 25.0. The Labute approximate surface area is 214 Å². The van der Waals surface area contributed by atoms with Gasteiger partial charge in [0.05, 0.1) is 0 Å². The average molecular weight is 493 g/mol. The zero-order valence-electron chi connectivity index (χ0n) is 22.4. The van der Waals surface area contributed by atoms with Crippen LogP contribution in [0, 0.1) is 0 Å². The topological polar surface area (TPSA) is 76.7 Å².